The van der Waals surface area contributed by atoms with E-state index in [0.29, 0.717) is 10.7 Å². The van der Waals surface area contributed by atoms with Gasteiger partial charge in [0.05, 0.1) is 20.7 Å². The third-order valence-electron chi connectivity index (χ3n) is 5.66. The minimum atomic E-state index is 0.0475. The van der Waals surface area contributed by atoms with Gasteiger partial charge in [0.1, 0.15) is 16.9 Å². The number of aromatic amines is 2. The molecule has 6 heterocycles. The Labute approximate surface area is 186 Å². The molecule has 9 heteroatoms. The van der Waals surface area contributed by atoms with Crippen molar-refractivity contribution < 1.29 is 4.79 Å². The number of aromatic nitrogens is 6. The number of carbonyl (C=O) groups is 1. The second kappa shape index (κ2) is 7.47. The van der Waals surface area contributed by atoms with Crippen LogP contribution in [0.2, 0.25) is 0 Å². The average Bonchev–Trinajstić information content (AvgIpc) is 3.56. The van der Waals surface area contributed by atoms with E-state index < -0.39 is 0 Å². The van der Waals surface area contributed by atoms with Crippen molar-refractivity contribution in [2.45, 2.75) is 13.3 Å². The molecular formula is C23H19N7OS. The first-order chi connectivity index (χ1) is 15.7. The number of H-pyrrole nitrogens is 2. The van der Waals surface area contributed by atoms with E-state index in [0.717, 1.165) is 63.4 Å². The molecule has 0 bridgehead atoms. The zero-order valence-corrected chi connectivity index (χ0v) is 18.1. The van der Waals surface area contributed by atoms with Gasteiger partial charge in [-0.3, -0.25) is 14.9 Å². The highest BCUT2D eigenvalue weighted by atomic mass is 32.1. The molecule has 32 heavy (non-hydrogen) atoms. The molecule has 0 unspecified atom stereocenters. The average molecular weight is 442 g/mol. The van der Waals surface area contributed by atoms with Gasteiger partial charge in [-0.2, -0.15) is 5.10 Å². The van der Waals surface area contributed by atoms with Crippen LogP contribution in [0, 0.1) is 0 Å². The summed E-state index contributed by atoms with van der Waals surface area (Å²) in [6.07, 6.45) is 6.83. The van der Waals surface area contributed by atoms with Gasteiger partial charge in [0.25, 0.3) is 0 Å². The van der Waals surface area contributed by atoms with E-state index in [4.69, 9.17) is 4.98 Å². The number of rotatable bonds is 4. The lowest BCUT2D eigenvalue weighted by molar-refractivity contribution is 0.102. The number of hydrogen-bond donors (Lipinski definition) is 3. The van der Waals surface area contributed by atoms with Crippen molar-refractivity contribution in [2.75, 3.05) is 13.1 Å². The Kier molecular flexibility index (Phi) is 4.44. The second-order valence-corrected chi connectivity index (χ2v) is 8.82. The number of nitrogens with one attached hydrogen (secondary N) is 3. The van der Waals surface area contributed by atoms with Crippen LogP contribution in [0.15, 0.2) is 42.7 Å². The first-order valence-electron chi connectivity index (χ1n) is 10.4. The molecule has 0 saturated heterocycles. The van der Waals surface area contributed by atoms with Crippen molar-refractivity contribution in [3.63, 3.8) is 0 Å². The lowest BCUT2D eigenvalue weighted by atomic mass is 10.0. The largest absolute Gasteiger partial charge is 0.336 e. The number of nitrogens with zero attached hydrogens (tertiary/aromatic N) is 4. The highest BCUT2D eigenvalue weighted by Gasteiger charge is 2.18. The molecule has 0 aromatic carbocycles. The van der Waals surface area contributed by atoms with Crippen LogP contribution in [-0.2, 0) is 0 Å². The number of pyridine rings is 2. The Bertz CT molecular complexity index is 1520. The van der Waals surface area contributed by atoms with Crippen LogP contribution in [0.4, 0.5) is 0 Å². The van der Waals surface area contributed by atoms with Gasteiger partial charge in [-0.15, -0.1) is 11.3 Å². The normalized spacial score (nSPS) is 14.2. The monoisotopic (exact) mass is 441 g/mol. The van der Waals surface area contributed by atoms with Crippen molar-refractivity contribution in [3.05, 3.63) is 53.2 Å². The topological polar surface area (TPSA) is 112 Å². The molecule has 1 aliphatic heterocycles. The Hall–Kier alpha value is -3.69. The standard InChI is InChI=1S/C23H19N7OS/c1-12(31)17-2-3-18(32-17)21-20-16(6-9-25-21)27-23(28-20)19-15-10-14(11-26-22(15)30-29-19)13-4-7-24-8-5-13/h2-4,6,9-11,24H,5,7-8H2,1H3,(H,27,28)(H,26,29,30). The number of fused-ring (bicyclic) bond motifs is 2. The maximum atomic E-state index is 11.7. The first kappa shape index (κ1) is 19.0. The molecule has 5 aromatic heterocycles. The van der Waals surface area contributed by atoms with Crippen LogP contribution in [-0.4, -0.2) is 49.0 Å². The molecule has 3 N–H and O–H groups in total. The SMILES string of the molecule is CC(=O)c1ccc(-c2nccc3[nH]c(-c4n[nH]c5ncc(C6=CCNCC6)cc45)nc23)s1. The fraction of sp³-hybridized carbons (Fsp3) is 0.174. The van der Waals surface area contributed by atoms with E-state index in [1.165, 1.54) is 16.9 Å². The summed E-state index contributed by atoms with van der Waals surface area (Å²) < 4.78 is 0. The molecule has 158 valence electrons. The minimum absolute atomic E-state index is 0.0475. The van der Waals surface area contributed by atoms with Gasteiger partial charge in [0.2, 0.25) is 0 Å². The molecule has 0 fully saturated rings. The van der Waals surface area contributed by atoms with E-state index in [1.54, 1.807) is 13.1 Å². The van der Waals surface area contributed by atoms with Gasteiger partial charge < -0.3 is 10.3 Å². The highest BCUT2D eigenvalue weighted by Crippen LogP contribution is 2.34. The molecule has 1 aliphatic rings. The van der Waals surface area contributed by atoms with Gasteiger partial charge >= 0.3 is 0 Å². The lowest BCUT2D eigenvalue weighted by Gasteiger charge is -2.13. The van der Waals surface area contributed by atoms with Crippen LogP contribution in [0.3, 0.4) is 0 Å². The summed E-state index contributed by atoms with van der Waals surface area (Å²) >= 11 is 1.43. The Balaban J connectivity index is 1.47. The molecule has 0 spiro atoms. The summed E-state index contributed by atoms with van der Waals surface area (Å²) in [5, 5.41) is 11.8. The maximum absolute atomic E-state index is 11.7. The smallest absolute Gasteiger partial charge is 0.169 e. The summed E-state index contributed by atoms with van der Waals surface area (Å²) in [6, 6.07) is 7.78. The van der Waals surface area contributed by atoms with Crippen molar-refractivity contribution in [3.8, 4) is 22.1 Å². The summed E-state index contributed by atoms with van der Waals surface area (Å²) in [6.45, 7) is 3.41. The van der Waals surface area contributed by atoms with Crippen molar-refractivity contribution in [1.82, 2.24) is 35.5 Å². The fourth-order valence-corrected chi connectivity index (χ4v) is 4.93. The van der Waals surface area contributed by atoms with Gasteiger partial charge in [-0.05, 0) is 55.3 Å². The first-order valence-corrected chi connectivity index (χ1v) is 11.2. The van der Waals surface area contributed by atoms with Crippen molar-refractivity contribution >= 4 is 44.8 Å². The molecule has 0 amide bonds. The number of carbonyl (C=O) groups excluding carboxylic acids is 1. The van der Waals surface area contributed by atoms with Gasteiger partial charge in [-0.25, -0.2) is 9.97 Å². The Morgan fingerprint density at radius 2 is 2.09 bits per heavy atom. The number of Topliss-reactive ketones (excluding diaryl/α,β-unsaturated/α-hetero) is 1. The second-order valence-electron chi connectivity index (χ2n) is 7.74. The van der Waals surface area contributed by atoms with E-state index in [-0.39, 0.29) is 5.78 Å². The molecular weight excluding hydrogens is 422 g/mol. The fourth-order valence-electron chi connectivity index (χ4n) is 4.03. The van der Waals surface area contributed by atoms with E-state index in [1.807, 2.05) is 24.4 Å². The van der Waals surface area contributed by atoms with Crippen LogP contribution in [0.5, 0.6) is 0 Å². The van der Waals surface area contributed by atoms with Crippen LogP contribution in [0.1, 0.15) is 28.6 Å². The summed E-state index contributed by atoms with van der Waals surface area (Å²) in [4.78, 5) is 30.7. The maximum Gasteiger partial charge on any atom is 0.169 e. The zero-order valence-electron chi connectivity index (χ0n) is 17.3. The van der Waals surface area contributed by atoms with Crippen LogP contribution in [0.25, 0.3) is 49.7 Å². The van der Waals surface area contributed by atoms with E-state index >= 15 is 0 Å². The summed E-state index contributed by atoms with van der Waals surface area (Å²) in [5.74, 6) is 0.702. The summed E-state index contributed by atoms with van der Waals surface area (Å²) in [7, 11) is 0. The van der Waals surface area contributed by atoms with Crippen molar-refractivity contribution in [1.29, 1.82) is 0 Å². The van der Waals surface area contributed by atoms with Gasteiger partial charge in [0, 0.05) is 18.9 Å². The molecule has 0 aliphatic carbocycles. The predicted molar refractivity (Wildman–Crippen MR) is 126 cm³/mol. The predicted octanol–water partition coefficient (Wildman–Crippen LogP) is 4.20. The Morgan fingerprint density at radius 3 is 2.91 bits per heavy atom. The number of imidazole rings is 1. The van der Waals surface area contributed by atoms with Crippen LogP contribution >= 0.6 is 11.3 Å². The van der Waals surface area contributed by atoms with Gasteiger partial charge in [-0.1, -0.05) is 6.08 Å². The molecule has 0 radical (unpaired) electrons. The number of hydrogen-bond acceptors (Lipinski definition) is 7. The van der Waals surface area contributed by atoms with Gasteiger partial charge in [0.15, 0.2) is 17.3 Å². The molecule has 0 atom stereocenters. The van der Waals surface area contributed by atoms with Crippen LogP contribution < -0.4 is 5.32 Å². The lowest BCUT2D eigenvalue weighted by Crippen LogP contribution is -2.20. The summed E-state index contributed by atoms with van der Waals surface area (Å²) in [5.41, 5.74) is 6.21. The van der Waals surface area contributed by atoms with Crippen molar-refractivity contribution in [2.24, 2.45) is 0 Å². The van der Waals surface area contributed by atoms with E-state index in [9.17, 15) is 4.79 Å². The molecule has 8 nitrogen and oxygen atoms in total. The third kappa shape index (κ3) is 3.14. The Morgan fingerprint density at radius 1 is 1.16 bits per heavy atom. The zero-order chi connectivity index (χ0) is 21.7. The third-order valence-corrected chi connectivity index (χ3v) is 6.86. The quantitative estimate of drug-likeness (QED) is 0.360. The number of ketones is 1. The van der Waals surface area contributed by atoms with E-state index in [2.05, 4.69) is 42.6 Å². The minimum Gasteiger partial charge on any atom is -0.336 e. The highest BCUT2D eigenvalue weighted by molar-refractivity contribution is 7.17. The molecule has 0 saturated carbocycles. The number of thiophene rings is 1. The molecule has 5 aromatic rings. The molecule has 6 rings (SSSR count).